The lowest BCUT2D eigenvalue weighted by molar-refractivity contribution is -0.118. The van der Waals surface area contributed by atoms with Gasteiger partial charge >= 0.3 is 5.97 Å². The number of carbonyl (C=O) groups excluding carboxylic acids is 2. The Bertz CT molecular complexity index is 1510. The molecular formula is C26H34N8O5S2. The quantitative estimate of drug-likeness (QED) is 0.178. The fourth-order valence-electron chi connectivity index (χ4n) is 4.34. The van der Waals surface area contributed by atoms with Crippen molar-refractivity contribution < 1.29 is 22.7 Å². The largest absolute Gasteiger partial charge is 0.462 e. The second-order valence-corrected chi connectivity index (χ2v) is 12.1. The summed E-state index contributed by atoms with van der Waals surface area (Å²) in [5.74, 6) is 1.14. The van der Waals surface area contributed by atoms with E-state index in [0.717, 1.165) is 36.3 Å². The summed E-state index contributed by atoms with van der Waals surface area (Å²) in [6.07, 6.45) is 1.64. The first kappa shape index (κ1) is 30.1. The molecule has 0 bridgehead atoms. The van der Waals surface area contributed by atoms with Crippen LogP contribution >= 0.6 is 11.3 Å². The number of nitrogens with one attached hydrogen (secondary N) is 4. The van der Waals surface area contributed by atoms with Crippen LogP contribution in [0.4, 0.5) is 22.7 Å². The van der Waals surface area contributed by atoms with Crippen molar-refractivity contribution in [2.75, 3.05) is 48.8 Å². The third-order valence-electron chi connectivity index (χ3n) is 6.28. The van der Waals surface area contributed by atoms with Gasteiger partial charge in [0, 0.05) is 38.7 Å². The van der Waals surface area contributed by atoms with E-state index in [1.54, 1.807) is 38.1 Å². The fraction of sp³-hybridized carbons (Fsp3) is 0.423. The average Bonchev–Trinajstić information content (AvgIpc) is 3.31. The molecule has 2 aromatic heterocycles. The van der Waals surface area contributed by atoms with Gasteiger partial charge in [0.25, 0.3) is 0 Å². The average molecular weight is 603 g/mol. The van der Waals surface area contributed by atoms with Crippen LogP contribution in [0.15, 0.2) is 29.2 Å². The highest BCUT2D eigenvalue weighted by molar-refractivity contribution is 7.89. The predicted octanol–water partition coefficient (Wildman–Crippen LogP) is 2.57. The summed E-state index contributed by atoms with van der Waals surface area (Å²) in [4.78, 5) is 40.3. The standard InChI is InChI=1S/C26H34N8O5S2/c1-5-39-24(36)21-16(2)30-26(40-21)33-25-31-22(29-13-12-28-17(3)35)20-7-6-14-34(23(20)32-25)15-18-8-10-19(11-9-18)41(37,38)27-4/h8-11,27H,5-7,12-15H2,1-4H3,(H,28,35)(H2,29,30,31,32,33). The topological polar surface area (TPSA) is 168 Å². The van der Waals surface area contributed by atoms with Crippen molar-refractivity contribution in [3.8, 4) is 0 Å². The van der Waals surface area contributed by atoms with Crippen LogP contribution < -0.4 is 25.6 Å². The maximum absolute atomic E-state index is 12.3. The van der Waals surface area contributed by atoms with Crippen molar-refractivity contribution >= 4 is 56.0 Å². The molecule has 3 heterocycles. The van der Waals surface area contributed by atoms with E-state index in [0.29, 0.717) is 47.1 Å². The lowest BCUT2D eigenvalue weighted by atomic mass is 10.0. The van der Waals surface area contributed by atoms with Crippen LogP contribution in [0.5, 0.6) is 0 Å². The first-order valence-corrected chi connectivity index (χ1v) is 15.5. The Hall–Kier alpha value is -3.82. The molecule has 3 aromatic rings. The number of aromatic nitrogens is 3. The van der Waals surface area contributed by atoms with Gasteiger partial charge in [0.1, 0.15) is 16.5 Å². The van der Waals surface area contributed by atoms with Crippen molar-refractivity contribution in [2.45, 2.75) is 45.1 Å². The first-order valence-electron chi connectivity index (χ1n) is 13.2. The van der Waals surface area contributed by atoms with Gasteiger partial charge < -0.3 is 20.3 Å². The molecule has 0 saturated carbocycles. The number of benzene rings is 1. The molecule has 1 amide bonds. The summed E-state index contributed by atoms with van der Waals surface area (Å²) >= 11 is 1.17. The molecule has 1 aliphatic heterocycles. The second kappa shape index (κ2) is 13.2. The van der Waals surface area contributed by atoms with Crippen LogP contribution in [-0.4, -0.2) is 68.5 Å². The number of esters is 1. The van der Waals surface area contributed by atoms with Gasteiger partial charge in [0.2, 0.25) is 21.9 Å². The van der Waals surface area contributed by atoms with Gasteiger partial charge in [-0.2, -0.15) is 9.97 Å². The zero-order valence-corrected chi connectivity index (χ0v) is 25.0. The number of thiazole rings is 1. The predicted molar refractivity (Wildman–Crippen MR) is 157 cm³/mol. The van der Waals surface area contributed by atoms with Crippen molar-refractivity contribution in [1.29, 1.82) is 0 Å². The van der Waals surface area contributed by atoms with E-state index in [1.807, 2.05) is 0 Å². The molecule has 41 heavy (non-hydrogen) atoms. The SMILES string of the molecule is CCOC(=O)c1sc(Nc2nc(NCCNC(C)=O)c3c(n2)N(Cc2ccc(S(=O)(=O)NC)cc2)CCC3)nc1C. The second-order valence-electron chi connectivity index (χ2n) is 9.26. The summed E-state index contributed by atoms with van der Waals surface area (Å²) in [5, 5.41) is 9.69. The highest BCUT2D eigenvalue weighted by Crippen LogP contribution is 2.34. The Morgan fingerprint density at radius 1 is 1.12 bits per heavy atom. The van der Waals surface area contributed by atoms with E-state index in [-0.39, 0.29) is 17.4 Å². The number of hydrogen-bond acceptors (Lipinski definition) is 12. The van der Waals surface area contributed by atoms with Crippen LogP contribution in [0.2, 0.25) is 0 Å². The van der Waals surface area contributed by atoms with E-state index in [1.165, 1.54) is 25.3 Å². The van der Waals surface area contributed by atoms with Crippen molar-refractivity contribution in [1.82, 2.24) is 25.0 Å². The number of rotatable bonds is 12. The van der Waals surface area contributed by atoms with E-state index < -0.39 is 16.0 Å². The van der Waals surface area contributed by atoms with Crippen LogP contribution in [-0.2, 0) is 32.5 Å². The zero-order chi connectivity index (χ0) is 29.6. The lowest BCUT2D eigenvalue weighted by Crippen LogP contribution is -2.32. The minimum Gasteiger partial charge on any atom is -0.462 e. The molecular weight excluding hydrogens is 568 g/mol. The van der Waals surface area contributed by atoms with Gasteiger partial charge in [-0.1, -0.05) is 23.5 Å². The molecule has 15 heteroatoms. The van der Waals surface area contributed by atoms with Gasteiger partial charge in [-0.05, 0) is 51.4 Å². The molecule has 1 aromatic carbocycles. The minimum absolute atomic E-state index is 0.116. The van der Waals surface area contributed by atoms with Crippen LogP contribution in [0.3, 0.4) is 0 Å². The maximum Gasteiger partial charge on any atom is 0.350 e. The monoisotopic (exact) mass is 602 g/mol. The molecule has 0 aliphatic carbocycles. The number of fused-ring (bicyclic) bond motifs is 1. The van der Waals surface area contributed by atoms with Crippen molar-refractivity contribution in [2.24, 2.45) is 0 Å². The highest BCUT2D eigenvalue weighted by Gasteiger charge is 2.25. The smallest absolute Gasteiger partial charge is 0.350 e. The summed E-state index contributed by atoms with van der Waals surface area (Å²) in [6, 6.07) is 6.75. The molecule has 0 saturated heterocycles. The number of amides is 1. The van der Waals surface area contributed by atoms with E-state index in [4.69, 9.17) is 14.7 Å². The van der Waals surface area contributed by atoms with Gasteiger partial charge in [-0.25, -0.2) is 22.9 Å². The Balaban J connectivity index is 1.63. The molecule has 0 unspecified atom stereocenters. The third-order valence-corrected chi connectivity index (χ3v) is 8.77. The maximum atomic E-state index is 12.3. The lowest BCUT2D eigenvalue weighted by Gasteiger charge is -2.31. The van der Waals surface area contributed by atoms with Gasteiger partial charge in [0.15, 0.2) is 5.13 Å². The Labute approximate surface area is 243 Å². The molecule has 4 rings (SSSR count). The van der Waals surface area contributed by atoms with Crippen molar-refractivity contribution in [3.63, 3.8) is 0 Å². The number of sulfonamides is 1. The van der Waals surface area contributed by atoms with Gasteiger partial charge in [-0.15, -0.1) is 0 Å². The number of carbonyl (C=O) groups is 2. The fourth-order valence-corrected chi connectivity index (χ4v) is 5.92. The summed E-state index contributed by atoms with van der Waals surface area (Å²) in [7, 11) is -2.14. The summed E-state index contributed by atoms with van der Waals surface area (Å²) in [5.41, 5.74) is 2.42. The van der Waals surface area contributed by atoms with Gasteiger partial charge in [-0.3, -0.25) is 10.1 Å². The minimum atomic E-state index is -3.53. The number of hydrogen-bond donors (Lipinski definition) is 4. The van der Waals surface area contributed by atoms with Crippen LogP contribution in [0, 0.1) is 6.92 Å². The number of anilines is 4. The Morgan fingerprint density at radius 3 is 2.56 bits per heavy atom. The Kier molecular flexibility index (Phi) is 9.73. The summed E-state index contributed by atoms with van der Waals surface area (Å²) < 4.78 is 31.7. The Morgan fingerprint density at radius 2 is 1.88 bits per heavy atom. The van der Waals surface area contributed by atoms with Gasteiger partial charge in [0.05, 0.1) is 17.2 Å². The molecule has 220 valence electrons. The molecule has 13 nitrogen and oxygen atoms in total. The summed E-state index contributed by atoms with van der Waals surface area (Å²) in [6.45, 7) is 7.37. The first-order chi connectivity index (χ1) is 19.6. The van der Waals surface area contributed by atoms with Crippen molar-refractivity contribution in [3.05, 3.63) is 46.0 Å². The molecule has 4 N–H and O–H groups in total. The molecule has 0 fully saturated rings. The normalized spacial score (nSPS) is 12.9. The highest BCUT2D eigenvalue weighted by atomic mass is 32.2. The van der Waals surface area contributed by atoms with E-state index >= 15 is 0 Å². The van der Waals surface area contributed by atoms with Crippen LogP contribution in [0.1, 0.15) is 46.8 Å². The van der Waals surface area contributed by atoms with E-state index in [9.17, 15) is 18.0 Å². The number of nitrogens with zero attached hydrogens (tertiary/aromatic N) is 4. The molecule has 1 aliphatic rings. The molecule has 0 atom stereocenters. The molecule has 0 spiro atoms. The zero-order valence-electron chi connectivity index (χ0n) is 23.4. The number of ether oxygens (including phenoxy) is 1. The van der Waals surface area contributed by atoms with Crippen LogP contribution in [0.25, 0.3) is 0 Å². The number of aryl methyl sites for hydroxylation is 1. The third kappa shape index (κ3) is 7.48. The van der Waals surface area contributed by atoms with E-state index in [2.05, 4.69) is 30.6 Å². The molecule has 0 radical (unpaired) electrons.